The van der Waals surface area contributed by atoms with Gasteiger partial charge in [0.1, 0.15) is 22.3 Å². The molecule has 14 rings (SSSR count). The van der Waals surface area contributed by atoms with Crippen LogP contribution in [0.15, 0.2) is 245 Å². The Bertz CT molecular complexity index is 4340. The summed E-state index contributed by atoms with van der Waals surface area (Å²) in [6.45, 7) is 0. The molecule has 70 heavy (non-hydrogen) atoms. The van der Waals surface area contributed by atoms with Gasteiger partial charge in [-0.3, -0.25) is 0 Å². The number of benzene rings is 10. The Morgan fingerprint density at radius 2 is 0.857 bits per heavy atom. The third-order valence-electron chi connectivity index (χ3n) is 13.7. The van der Waals surface area contributed by atoms with Gasteiger partial charge >= 0.3 is 0 Å². The van der Waals surface area contributed by atoms with E-state index in [1.807, 2.05) is 30.3 Å². The Kier molecular flexibility index (Phi) is 9.14. The third kappa shape index (κ3) is 6.59. The topological polar surface area (TPSA) is 65.0 Å². The number of furan rings is 2. The summed E-state index contributed by atoms with van der Waals surface area (Å²) < 4.78 is 13.1. The van der Waals surface area contributed by atoms with Gasteiger partial charge in [-0.25, -0.2) is 15.0 Å². The van der Waals surface area contributed by atoms with Gasteiger partial charge in [0, 0.05) is 71.1 Å². The molecule has 0 radical (unpaired) electrons. The molecule has 5 heteroatoms. The van der Waals surface area contributed by atoms with Gasteiger partial charge in [0.25, 0.3) is 0 Å². The van der Waals surface area contributed by atoms with Gasteiger partial charge in [0.15, 0.2) is 5.82 Å². The van der Waals surface area contributed by atoms with E-state index in [4.69, 9.17) is 23.8 Å². The summed E-state index contributed by atoms with van der Waals surface area (Å²) >= 11 is 0. The van der Waals surface area contributed by atoms with E-state index in [0.717, 1.165) is 138 Å². The minimum Gasteiger partial charge on any atom is -0.456 e. The van der Waals surface area contributed by atoms with Crippen LogP contribution >= 0.6 is 0 Å². The molecular formula is C65H39N3O2. The summed E-state index contributed by atoms with van der Waals surface area (Å²) in [5.41, 5.74) is 17.5. The first-order valence-corrected chi connectivity index (χ1v) is 23.6. The van der Waals surface area contributed by atoms with Gasteiger partial charge in [-0.1, -0.05) is 194 Å². The predicted octanol–water partition coefficient (Wildman–Crippen LogP) is 17.6. The van der Waals surface area contributed by atoms with Crippen molar-refractivity contribution in [1.29, 1.82) is 0 Å². The highest BCUT2D eigenvalue weighted by atomic mass is 16.3. The lowest BCUT2D eigenvalue weighted by molar-refractivity contribution is 0.669. The van der Waals surface area contributed by atoms with Crippen molar-refractivity contribution in [2.45, 2.75) is 0 Å². The zero-order valence-electron chi connectivity index (χ0n) is 37.7. The zero-order chi connectivity index (χ0) is 46.1. The fourth-order valence-electron chi connectivity index (χ4n) is 10.4. The molecule has 0 fully saturated rings. The van der Waals surface area contributed by atoms with E-state index in [0.29, 0.717) is 5.82 Å². The molecule has 14 aromatic rings. The SMILES string of the molecule is c1ccc(-c2cc(-c3cccc(-c4cccc5c4oc4ccccc45)c3)nc(-c3cccc(-c4ccc(-c5c6c(cc7c(-c8ccccc8)nc8ccccc8c57)oc5ccccc56)cc4)c3)n2)cc1. The normalized spacial score (nSPS) is 11.7. The summed E-state index contributed by atoms with van der Waals surface area (Å²) in [6.07, 6.45) is 0. The molecule has 0 saturated carbocycles. The molecule has 0 aliphatic rings. The second kappa shape index (κ2) is 16.1. The van der Waals surface area contributed by atoms with Gasteiger partial charge in [0.05, 0.1) is 22.6 Å². The van der Waals surface area contributed by atoms with Crippen LogP contribution < -0.4 is 0 Å². The Labute approximate surface area is 402 Å². The predicted molar refractivity (Wildman–Crippen MR) is 287 cm³/mol. The van der Waals surface area contributed by atoms with Gasteiger partial charge in [-0.05, 0) is 64.7 Å². The van der Waals surface area contributed by atoms with Crippen molar-refractivity contribution < 1.29 is 8.83 Å². The zero-order valence-corrected chi connectivity index (χ0v) is 37.7. The van der Waals surface area contributed by atoms with Crippen LogP contribution in [0.4, 0.5) is 0 Å². The molecule has 0 amide bonds. The largest absolute Gasteiger partial charge is 0.456 e. The van der Waals surface area contributed by atoms with Crippen molar-refractivity contribution in [3.05, 3.63) is 237 Å². The highest BCUT2D eigenvalue weighted by Gasteiger charge is 2.22. The monoisotopic (exact) mass is 893 g/mol. The molecule has 0 aliphatic carbocycles. The van der Waals surface area contributed by atoms with Crippen molar-refractivity contribution in [3.8, 4) is 78.5 Å². The van der Waals surface area contributed by atoms with E-state index in [1.165, 1.54) is 0 Å². The average Bonchev–Trinajstić information content (AvgIpc) is 4.01. The van der Waals surface area contributed by atoms with Crippen molar-refractivity contribution in [2.75, 3.05) is 0 Å². The second-order valence-corrected chi connectivity index (χ2v) is 17.8. The van der Waals surface area contributed by atoms with Gasteiger partial charge in [-0.15, -0.1) is 0 Å². The molecule has 4 heterocycles. The Balaban J connectivity index is 0.892. The van der Waals surface area contributed by atoms with Crippen LogP contribution in [-0.2, 0) is 0 Å². The second-order valence-electron chi connectivity index (χ2n) is 17.8. The number of aromatic nitrogens is 3. The number of hydrogen-bond donors (Lipinski definition) is 0. The van der Waals surface area contributed by atoms with E-state index in [9.17, 15) is 0 Å². The quantitative estimate of drug-likeness (QED) is 0.149. The highest BCUT2D eigenvalue weighted by molar-refractivity contribution is 6.27. The fraction of sp³-hybridized carbons (Fsp3) is 0. The van der Waals surface area contributed by atoms with E-state index in [2.05, 4.69) is 206 Å². The van der Waals surface area contributed by atoms with Crippen molar-refractivity contribution in [3.63, 3.8) is 0 Å². The van der Waals surface area contributed by atoms with Crippen LogP contribution in [-0.4, -0.2) is 15.0 Å². The number of hydrogen-bond acceptors (Lipinski definition) is 5. The number of pyridine rings is 1. The van der Waals surface area contributed by atoms with Crippen LogP contribution in [0.2, 0.25) is 0 Å². The van der Waals surface area contributed by atoms with Crippen LogP contribution in [0.3, 0.4) is 0 Å². The summed E-state index contributed by atoms with van der Waals surface area (Å²) in [4.78, 5) is 15.8. The molecule has 0 spiro atoms. The first-order valence-electron chi connectivity index (χ1n) is 23.6. The highest BCUT2D eigenvalue weighted by Crippen LogP contribution is 2.47. The maximum atomic E-state index is 6.66. The minimum absolute atomic E-state index is 0.652. The molecule has 0 saturated heterocycles. The lowest BCUT2D eigenvalue weighted by Crippen LogP contribution is -1.96. The van der Waals surface area contributed by atoms with E-state index in [1.54, 1.807) is 0 Å². The van der Waals surface area contributed by atoms with Crippen molar-refractivity contribution in [1.82, 2.24) is 15.0 Å². The molecular weight excluding hydrogens is 855 g/mol. The number of rotatable bonds is 7. The molecule has 0 N–H and O–H groups in total. The molecule has 0 unspecified atom stereocenters. The first kappa shape index (κ1) is 39.7. The first-order chi connectivity index (χ1) is 34.7. The maximum Gasteiger partial charge on any atom is 0.160 e. The van der Waals surface area contributed by atoms with Gasteiger partial charge in [-0.2, -0.15) is 0 Å². The van der Waals surface area contributed by atoms with Crippen molar-refractivity contribution >= 4 is 65.6 Å². The number of nitrogens with zero attached hydrogens (tertiary/aromatic N) is 3. The van der Waals surface area contributed by atoms with E-state index in [-0.39, 0.29) is 0 Å². The summed E-state index contributed by atoms with van der Waals surface area (Å²) in [5.74, 6) is 0.652. The smallest absolute Gasteiger partial charge is 0.160 e. The van der Waals surface area contributed by atoms with Crippen LogP contribution in [0.25, 0.3) is 144 Å². The number of para-hydroxylation sites is 4. The minimum atomic E-state index is 0.652. The maximum absolute atomic E-state index is 6.66. The Morgan fingerprint density at radius 3 is 1.66 bits per heavy atom. The van der Waals surface area contributed by atoms with Crippen LogP contribution in [0.1, 0.15) is 0 Å². The molecule has 10 aromatic carbocycles. The Morgan fingerprint density at radius 1 is 0.286 bits per heavy atom. The fourth-order valence-corrected chi connectivity index (χ4v) is 10.4. The molecule has 0 bridgehead atoms. The van der Waals surface area contributed by atoms with E-state index >= 15 is 0 Å². The van der Waals surface area contributed by atoms with Gasteiger partial charge in [0.2, 0.25) is 0 Å². The van der Waals surface area contributed by atoms with Crippen LogP contribution in [0, 0.1) is 0 Å². The van der Waals surface area contributed by atoms with Gasteiger partial charge < -0.3 is 8.83 Å². The molecule has 4 aromatic heterocycles. The lowest BCUT2D eigenvalue weighted by atomic mass is 9.89. The average molecular weight is 894 g/mol. The lowest BCUT2D eigenvalue weighted by Gasteiger charge is -2.16. The van der Waals surface area contributed by atoms with Crippen molar-refractivity contribution in [2.24, 2.45) is 0 Å². The summed E-state index contributed by atoms with van der Waals surface area (Å²) in [5, 5.41) is 7.70. The number of fused-ring (bicyclic) bond motifs is 9. The molecule has 0 aliphatic heterocycles. The summed E-state index contributed by atoms with van der Waals surface area (Å²) in [7, 11) is 0. The third-order valence-corrected chi connectivity index (χ3v) is 13.7. The standard InChI is InChI=1S/C65H39N3O2/c1-3-16-41(17-4-1)55-39-56(46-22-14-21-45(37-46)48-27-15-28-50-49-24-8-11-30-57(49)70-64(48)50)68-65(67-55)47-23-13-20-44(36-47)40-32-34-42(35-33-40)60-61-51-25-7-10-29-54(51)66-63(43-18-5-2-6-19-43)53(61)38-59-62(60)52-26-9-12-31-58(52)69-59/h1-39H. The van der Waals surface area contributed by atoms with E-state index < -0.39 is 0 Å². The molecule has 0 atom stereocenters. The molecule has 326 valence electrons. The Hall–Kier alpha value is -9.45. The summed E-state index contributed by atoms with van der Waals surface area (Å²) in [6, 6.07) is 82.6. The molecule has 5 nitrogen and oxygen atoms in total. The van der Waals surface area contributed by atoms with Crippen LogP contribution in [0.5, 0.6) is 0 Å².